The van der Waals surface area contributed by atoms with E-state index in [0.717, 1.165) is 83.5 Å². The monoisotopic (exact) mass is 1120 g/mol. The molecule has 0 saturated carbocycles. The van der Waals surface area contributed by atoms with E-state index in [1.807, 2.05) is 0 Å². The lowest BCUT2D eigenvalue weighted by atomic mass is 10.0. The van der Waals surface area contributed by atoms with Gasteiger partial charge in [0, 0.05) is 19.3 Å². The minimum absolute atomic E-state index is 0.0752. The van der Waals surface area contributed by atoms with Gasteiger partial charge in [-0.05, 0) is 89.9 Å². The number of unbranched alkanes of at least 4 members (excludes halogenated alkanes) is 44. The first kappa shape index (κ1) is 77.1. The zero-order valence-corrected chi connectivity index (χ0v) is 53.6. The van der Waals surface area contributed by atoms with Crippen molar-refractivity contribution in [1.82, 2.24) is 0 Å². The number of allylic oxidation sites excluding steroid dienone is 10. The van der Waals surface area contributed by atoms with Gasteiger partial charge in [0.15, 0.2) is 6.10 Å². The predicted molar refractivity (Wildman–Crippen MR) is 348 cm³/mol. The van der Waals surface area contributed by atoms with Crippen molar-refractivity contribution in [3.8, 4) is 0 Å². The van der Waals surface area contributed by atoms with Gasteiger partial charge in [0.2, 0.25) is 0 Å². The Balaban J connectivity index is 4.33. The molecule has 0 fully saturated rings. The highest BCUT2D eigenvalue weighted by Crippen LogP contribution is 2.18. The summed E-state index contributed by atoms with van der Waals surface area (Å²) < 4.78 is 17.0. The van der Waals surface area contributed by atoms with Gasteiger partial charge in [0.25, 0.3) is 0 Å². The predicted octanol–water partition coefficient (Wildman–Crippen LogP) is 24.3. The summed E-state index contributed by atoms with van der Waals surface area (Å²) in [5.41, 5.74) is 0. The molecule has 80 heavy (non-hydrogen) atoms. The normalized spacial score (nSPS) is 12.4. The largest absolute Gasteiger partial charge is 0.462 e. The third kappa shape index (κ3) is 65.9. The number of hydrogen-bond donors (Lipinski definition) is 0. The van der Waals surface area contributed by atoms with Crippen LogP contribution in [0.15, 0.2) is 60.8 Å². The van der Waals surface area contributed by atoms with Crippen LogP contribution in [0.25, 0.3) is 0 Å². The summed E-state index contributed by atoms with van der Waals surface area (Å²) in [4.78, 5) is 38.5. The molecule has 1 unspecified atom stereocenters. The topological polar surface area (TPSA) is 78.9 Å². The summed E-state index contributed by atoms with van der Waals surface area (Å²) >= 11 is 0. The van der Waals surface area contributed by atoms with Crippen molar-refractivity contribution in [2.24, 2.45) is 0 Å². The van der Waals surface area contributed by atoms with Crippen LogP contribution in [0, 0.1) is 0 Å². The molecule has 0 aromatic carbocycles. The first-order valence-electron chi connectivity index (χ1n) is 35.3. The fourth-order valence-corrected chi connectivity index (χ4v) is 10.4. The Morgan fingerprint density at radius 1 is 0.250 bits per heavy atom. The summed E-state index contributed by atoms with van der Waals surface area (Å²) in [5, 5.41) is 0. The van der Waals surface area contributed by atoms with Crippen LogP contribution in [0.4, 0.5) is 0 Å². The van der Waals surface area contributed by atoms with Gasteiger partial charge >= 0.3 is 17.9 Å². The Bertz CT molecular complexity index is 1430. The van der Waals surface area contributed by atoms with Crippen molar-refractivity contribution in [2.75, 3.05) is 13.2 Å². The smallest absolute Gasteiger partial charge is 0.306 e. The van der Waals surface area contributed by atoms with Gasteiger partial charge in [0.1, 0.15) is 13.2 Å². The molecule has 0 aliphatic rings. The molecule has 0 rings (SSSR count). The van der Waals surface area contributed by atoms with E-state index in [9.17, 15) is 14.4 Å². The van der Waals surface area contributed by atoms with Gasteiger partial charge in [-0.25, -0.2) is 0 Å². The molecule has 0 spiro atoms. The van der Waals surface area contributed by atoms with Crippen LogP contribution in [-0.4, -0.2) is 37.2 Å². The SMILES string of the molecule is CCCCC/C=C\C/C=C\CCCCCCCCCC(=O)OCC(COC(=O)CCCCCCCCCCCC/C=C\C/C=C\C/C=C\CCCCCCC)OC(=O)CCCCCCCCCCCCCCCCCCCCCC. The third-order valence-electron chi connectivity index (χ3n) is 15.7. The maximum absolute atomic E-state index is 13.0. The fraction of sp³-hybridized carbons (Fsp3) is 0.824. The van der Waals surface area contributed by atoms with Crippen molar-refractivity contribution >= 4 is 17.9 Å². The van der Waals surface area contributed by atoms with E-state index in [1.54, 1.807) is 0 Å². The molecule has 0 heterocycles. The molecule has 0 aliphatic heterocycles. The molecular formula is C74H134O6. The number of esters is 3. The lowest BCUT2D eigenvalue weighted by molar-refractivity contribution is -0.167. The summed E-state index contributed by atoms with van der Waals surface area (Å²) in [6.45, 7) is 6.66. The Kier molecular flexibility index (Phi) is 66.1. The second-order valence-corrected chi connectivity index (χ2v) is 23.8. The highest BCUT2D eigenvalue weighted by molar-refractivity contribution is 5.71. The Morgan fingerprint density at radius 2 is 0.450 bits per heavy atom. The molecule has 0 aromatic rings. The van der Waals surface area contributed by atoms with Crippen LogP contribution >= 0.6 is 0 Å². The molecule has 0 amide bonds. The molecule has 0 aliphatic carbocycles. The molecular weight excluding hydrogens is 985 g/mol. The first-order chi connectivity index (χ1) is 39.5. The highest BCUT2D eigenvalue weighted by Gasteiger charge is 2.19. The van der Waals surface area contributed by atoms with E-state index in [-0.39, 0.29) is 31.1 Å². The standard InChI is InChI=1S/C74H134O6/c1-4-7-10-13-16-19-22-25-28-31-33-35-36-37-38-39-41-43-46-49-52-55-58-61-64-67-73(76)79-70-71(69-78-72(75)66-63-60-57-54-51-48-45-42-30-27-24-21-18-15-12-9-6-3)80-74(77)68-65-62-59-56-53-50-47-44-40-34-32-29-26-23-20-17-14-11-8-5-2/h18,21-22,25,27,30-31,33,36-37,71H,4-17,19-20,23-24,26,28-29,32,34-35,38-70H2,1-3H3/b21-18-,25-22-,30-27-,33-31-,37-36-. The van der Waals surface area contributed by atoms with Crippen LogP contribution in [0.2, 0.25) is 0 Å². The minimum atomic E-state index is -0.779. The Labute approximate surface area is 498 Å². The fourth-order valence-electron chi connectivity index (χ4n) is 10.4. The van der Waals surface area contributed by atoms with Crippen molar-refractivity contribution in [1.29, 1.82) is 0 Å². The molecule has 6 nitrogen and oxygen atoms in total. The van der Waals surface area contributed by atoms with Gasteiger partial charge in [-0.2, -0.15) is 0 Å². The second-order valence-electron chi connectivity index (χ2n) is 23.8. The summed E-state index contributed by atoms with van der Waals surface area (Å²) in [7, 11) is 0. The lowest BCUT2D eigenvalue weighted by Gasteiger charge is -2.18. The van der Waals surface area contributed by atoms with E-state index < -0.39 is 6.10 Å². The summed E-state index contributed by atoms with van der Waals surface area (Å²) in [6, 6.07) is 0. The summed E-state index contributed by atoms with van der Waals surface area (Å²) in [5.74, 6) is -0.862. The van der Waals surface area contributed by atoms with E-state index >= 15 is 0 Å². The number of rotatable bonds is 65. The van der Waals surface area contributed by atoms with E-state index in [1.165, 1.54) is 250 Å². The zero-order chi connectivity index (χ0) is 57.8. The molecule has 0 bridgehead atoms. The molecule has 0 aromatic heterocycles. The molecule has 466 valence electrons. The van der Waals surface area contributed by atoms with Crippen LogP contribution in [0.5, 0.6) is 0 Å². The highest BCUT2D eigenvalue weighted by atomic mass is 16.6. The number of carbonyl (C=O) groups excluding carboxylic acids is 3. The average molecular weight is 1120 g/mol. The van der Waals surface area contributed by atoms with Crippen LogP contribution < -0.4 is 0 Å². The second kappa shape index (κ2) is 68.6. The van der Waals surface area contributed by atoms with Gasteiger partial charge in [0.05, 0.1) is 0 Å². The molecule has 1 atom stereocenters. The minimum Gasteiger partial charge on any atom is -0.462 e. The van der Waals surface area contributed by atoms with Crippen molar-refractivity contribution in [2.45, 2.75) is 380 Å². The molecule has 6 heteroatoms. The lowest BCUT2D eigenvalue weighted by Crippen LogP contribution is -2.30. The zero-order valence-electron chi connectivity index (χ0n) is 53.6. The average Bonchev–Trinajstić information content (AvgIpc) is 3.46. The van der Waals surface area contributed by atoms with Crippen LogP contribution in [-0.2, 0) is 28.6 Å². The summed E-state index contributed by atoms with van der Waals surface area (Å²) in [6.07, 6.45) is 88.1. The molecule has 0 radical (unpaired) electrons. The van der Waals surface area contributed by atoms with E-state index in [2.05, 4.69) is 81.5 Å². The maximum atomic E-state index is 13.0. The Morgan fingerprint density at radius 3 is 0.725 bits per heavy atom. The number of carbonyl (C=O) groups is 3. The van der Waals surface area contributed by atoms with Gasteiger partial charge in [-0.3, -0.25) is 14.4 Å². The third-order valence-corrected chi connectivity index (χ3v) is 15.7. The van der Waals surface area contributed by atoms with Gasteiger partial charge < -0.3 is 14.2 Å². The van der Waals surface area contributed by atoms with E-state index in [4.69, 9.17) is 14.2 Å². The molecule has 0 N–H and O–H groups in total. The quantitative estimate of drug-likeness (QED) is 0.0261. The maximum Gasteiger partial charge on any atom is 0.306 e. The van der Waals surface area contributed by atoms with Crippen LogP contribution in [0.1, 0.15) is 374 Å². The van der Waals surface area contributed by atoms with E-state index in [0.29, 0.717) is 19.3 Å². The number of hydrogen-bond acceptors (Lipinski definition) is 6. The Hall–Kier alpha value is -2.89. The van der Waals surface area contributed by atoms with Gasteiger partial charge in [-0.15, -0.1) is 0 Å². The van der Waals surface area contributed by atoms with Crippen molar-refractivity contribution in [3.05, 3.63) is 60.8 Å². The van der Waals surface area contributed by atoms with Crippen molar-refractivity contribution in [3.63, 3.8) is 0 Å². The first-order valence-corrected chi connectivity index (χ1v) is 35.3. The van der Waals surface area contributed by atoms with Gasteiger partial charge in [-0.1, -0.05) is 326 Å². The molecule has 0 saturated heterocycles. The van der Waals surface area contributed by atoms with Crippen LogP contribution in [0.3, 0.4) is 0 Å². The number of ether oxygens (including phenoxy) is 3. The van der Waals surface area contributed by atoms with Crippen molar-refractivity contribution < 1.29 is 28.6 Å².